The van der Waals surface area contributed by atoms with Crippen LogP contribution in [0.25, 0.3) is 10.8 Å². The molecule has 2 fully saturated rings. The summed E-state index contributed by atoms with van der Waals surface area (Å²) in [6, 6.07) is 18.9. The standard InChI is InChI=1S/C31H38ClN5O4S/c1-34-15-17-36(18-16-34)21-29(23-7-4-3-5-8-23)35(2)30(38)22-37-14-6-9-28(31(37)39)33-42(40,41)27-13-11-24-19-26(32)12-10-25(24)20-27/h3-5,7-8,10-13,19-20,28-29,33H,6,9,14-18,21-22H2,1-2H3. The van der Waals surface area contributed by atoms with E-state index in [0.717, 1.165) is 42.5 Å². The largest absolute Gasteiger partial charge is 0.336 e. The quantitative estimate of drug-likeness (QED) is 0.400. The molecule has 224 valence electrons. The molecule has 2 aliphatic heterocycles. The first kappa shape index (κ1) is 30.4. The Hall–Kier alpha value is -3.02. The first-order valence-corrected chi connectivity index (χ1v) is 16.2. The molecule has 0 aromatic heterocycles. The molecule has 2 atom stereocenters. The van der Waals surface area contributed by atoms with Gasteiger partial charge in [0.15, 0.2) is 0 Å². The molecule has 42 heavy (non-hydrogen) atoms. The van der Waals surface area contributed by atoms with Gasteiger partial charge in [-0.2, -0.15) is 4.72 Å². The summed E-state index contributed by atoms with van der Waals surface area (Å²) < 4.78 is 29.1. The van der Waals surface area contributed by atoms with Crippen LogP contribution in [0.15, 0.2) is 71.6 Å². The van der Waals surface area contributed by atoms with Crippen LogP contribution < -0.4 is 4.72 Å². The molecule has 0 saturated carbocycles. The molecule has 1 N–H and O–H groups in total. The number of amides is 2. The first-order valence-electron chi connectivity index (χ1n) is 14.3. The molecule has 2 aliphatic rings. The number of benzene rings is 3. The molecule has 2 saturated heterocycles. The Balaban J connectivity index is 1.26. The molecule has 0 aliphatic carbocycles. The Morgan fingerprint density at radius 1 is 1.00 bits per heavy atom. The van der Waals surface area contributed by atoms with E-state index in [1.807, 2.05) is 30.3 Å². The average molecular weight is 612 g/mol. The van der Waals surface area contributed by atoms with Gasteiger partial charge < -0.3 is 14.7 Å². The van der Waals surface area contributed by atoms with Gasteiger partial charge in [-0.1, -0.05) is 54.1 Å². The lowest BCUT2D eigenvalue weighted by Crippen LogP contribution is -2.55. The second kappa shape index (κ2) is 13.1. The zero-order chi connectivity index (χ0) is 29.9. The highest BCUT2D eigenvalue weighted by atomic mass is 35.5. The predicted molar refractivity (Wildman–Crippen MR) is 165 cm³/mol. The number of nitrogens with one attached hydrogen (secondary N) is 1. The lowest BCUT2D eigenvalue weighted by Gasteiger charge is -2.39. The SMILES string of the molecule is CN1CCN(CC(c2ccccc2)N(C)C(=O)CN2CCCC(NS(=O)(=O)c3ccc4cc(Cl)ccc4c3)C2=O)CC1. The van der Waals surface area contributed by atoms with Gasteiger partial charge >= 0.3 is 0 Å². The number of halogens is 1. The van der Waals surface area contributed by atoms with Gasteiger partial charge in [-0.3, -0.25) is 14.5 Å². The van der Waals surface area contributed by atoms with Gasteiger partial charge in [0.2, 0.25) is 21.8 Å². The lowest BCUT2D eigenvalue weighted by molar-refractivity contribution is -0.143. The molecule has 2 unspecified atom stereocenters. The van der Waals surface area contributed by atoms with E-state index in [9.17, 15) is 18.0 Å². The van der Waals surface area contributed by atoms with Gasteiger partial charge in [0, 0.05) is 51.3 Å². The van der Waals surface area contributed by atoms with Gasteiger partial charge in [-0.15, -0.1) is 0 Å². The highest BCUT2D eigenvalue weighted by molar-refractivity contribution is 7.89. The number of hydrogen-bond donors (Lipinski definition) is 1. The van der Waals surface area contributed by atoms with Crippen LogP contribution in [-0.2, 0) is 19.6 Å². The number of fused-ring (bicyclic) bond motifs is 1. The van der Waals surface area contributed by atoms with Crippen molar-refractivity contribution < 1.29 is 18.0 Å². The molecule has 0 spiro atoms. The van der Waals surface area contributed by atoms with Crippen LogP contribution in [0.5, 0.6) is 0 Å². The van der Waals surface area contributed by atoms with Crippen LogP contribution in [0.1, 0.15) is 24.4 Å². The van der Waals surface area contributed by atoms with Crippen LogP contribution in [-0.4, -0.2) is 106 Å². The molecule has 11 heteroatoms. The molecule has 9 nitrogen and oxygen atoms in total. The Labute approximate surface area is 253 Å². The molecule has 0 radical (unpaired) electrons. The summed E-state index contributed by atoms with van der Waals surface area (Å²) in [6.07, 6.45) is 0.966. The van der Waals surface area contributed by atoms with Crippen molar-refractivity contribution in [2.45, 2.75) is 29.8 Å². The van der Waals surface area contributed by atoms with E-state index in [0.29, 0.717) is 31.0 Å². The van der Waals surface area contributed by atoms with Crippen LogP contribution in [0.4, 0.5) is 0 Å². The number of piperazine rings is 1. The number of hydrogen-bond acceptors (Lipinski definition) is 6. The van der Waals surface area contributed by atoms with Crippen molar-refractivity contribution in [1.82, 2.24) is 24.3 Å². The fourth-order valence-electron chi connectivity index (χ4n) is 5.67. The number of nitrogens with zero attached hydrogens (tertiary/aromatic N) is 4. The van der Waals surface area contributed by atoms with E-state index >= 15 is 0 Å². The fourth-order valence-corrected chi connectivity index (χ4v) is 7.11. The van der Waals surface area contributed by atoms with Gasteiger partial charge in [0.1, 0.15) is 6.04 Å². The van der Waals surface area contributed by atoms with Crippen molar-refractivity contribution in [1.29, 1.82) is 0 Å². The van der Waals surface area contributed by atoms with E-state index < -0.39 is 16.1 Å². The number of carbonyl (C=O) groups is 2. The smallest absolute Gasteiger partial charge is 0.242 e. The number of carbonyl (C=O) groups excluding carboxylic acids is 2. The minimum Gasteiger partial charge on any atom is -0.336 e. The highest BCUT2D eigenvalue weighted by Crippen LogP contribution is 2.25. The van der Waals surface area contributed by atoms with E-state index in [1.165, 1.54) is 11.0 Å². The number of sulfonamides is 1. The Bertz CT molecular complexity index is 1530. The first-order chi connectivity index (χ1) is 20.1. The zero-order valence-electron chi connectivity index (χ0n) is 24.1. The fraction of sp³-hybridized carbons (Fsp3) is 0.419. The van der Waals surface area contributed by atoms with Crippen LogP contribution in [0, 0.1) is 0 Å². The van der Waals surface area contributed by atoms with E-state index in [-0.39, 0.29) is 29.3 Å². The number of rotatable bonds is 9. The lowest BCUT2D eigenvalue weighted by atomic mass is 10.0. The monoisotopic (exact) mass is 611 g/mol. The zero-order valence-corrected chi connectivity index (χ0v) is 25.7. The van der Waals surface area contributed by atoms with Crippen molar-refractivity contribution in [3.05, 3.63) is 77.3 Å². The van der Waals surface area contributed by atoms with Crippen LogP contribution >= 0.6 is 11.6 Å². The van der Waals surface area contributed by atoms with Crippen LogP contribution in [0.3, 0.4) is 0 Å². The maximum atomic E-state index is 13.6. The molecule has 2 heterocycles. The number of likely N-dealkylation sites (tertiary alicyclic amines) is 1. The third-order valence-corrected chi connectivity index (χ3v) is 10.0. The number of piperidine rings is 1. The number of likely N-dealkylation sites (N-methyl/N-ethyl adjacent to an activating group) is 2. The molecule has 0 bridgehead atoms. The predicted octanol–water partition coefficient (Wildman–Crippen LogP) is 3.21. The highest BCUT2D eigenvalue weighted by Gasteiger charge is 2.35. The van der Waals surface area contributed by atoms with Crippen molar-refractivity contribution in [3.63, 3.8) is 0 Å². The summed E-state index contributed by atoms with van der Waals surface area (Å²) in [5.74, 6) is -0.558. The van der Waals surface area contributed by atoms with Crippen molar-refractivity contribution in [3.8, 4) is 0 Å². The van der Waals surface area contributed by atoms with Gasteiger partial charge in [0.05, 0.1) is 17.5 Å². The second-order valence-electron chi connectivity index (χ2n) is 11.3. The maximum absolute atomic E-state index is 13.6. The molecule has 2 amide bonds. The normalized spacial score (nSPS) is 19.6. The van der Waals surface area contributed by atoms with Gasteiger partial charge in [-0.05, 0) is 60.5 Å². The molecule has 5 rings (SSSR count). The topological polar surface area (TPSA) is 93.3 Å². The van der Waals surface area contributed by atoms with E-state index in [1.54, 1.807) is 42.3 Å². The summed E-state index contributed by atoms with van der Waals surface area (Å²) in [5.41, 5.74) is 1.04. The second-order valence-corrected chi connectivity index (χ2v) is 13.4. The average Bonchev–Trinajstić information content (AvgIpc) is 2.98. The summed E-state index contributed by atoms with van der Waals surface area (Å²) in [7, 11) is -0.0640. The Morgan fingerprint density at radius 3 is 2.43 bits per heavy atom. The molecular weight excluding hydrogens is 574 g/mol. The Morgan fingerprint density at radius 2 is 1.69 bits per heavy atom. The Kier molecular flexibility index (Phi) is 9.49. The van der Waals surface area contributed by atoms with E-state index in [4.69, 9.17) is 11.6 Å². The third-order valence-electron chi connectivity index (χ3n) is 8.31. The van der Waals surface area contributed by atoms with Crippen molar-refractivity contribution >= 4 is 44.2 Å². The van der Waals surface area contributed by atoms with Crippen molar-refractivity contribution in [2.75, 3.05) is 59.9 Å². The van der Waals surface area contributed by atoms with Gasteiger partial charge in [0.25, 0.3) is 0 Å². The third kappa shape index (κ3) is 7.12. The summed E-state index contributed by atoms with van der Waals surface area (Å²) in [6.45, 7) is 4.82. The van der Waals surface area contributed by atoms with Crippen molar-refractivity contribution in [2.24, 2.45) is 0 Å². The van der Waals surface area contributed by atoms with E-state index in [2.05, 4.69) is 21.6 Å². The minimum atomic E-state index is -3.97. The molecular formula is C31H38ClN5O4S. The van der Waals surface area contributed by atoms with Gasteiger partial charge in [-0.25, -0.2) is 8.42 Å². The molecule has 3 aromatic rings. The summed E-state index contributed by atoms with van der Waals surface area (Å²) in [4.78, 5) is 35.0. The summed E-state index contributed by atoms with van der Waals surface area (Å²) in [5, 5.41) is 2.13. The summed E-state index contributed by atoms with van der Waals surface area (Å²) >= 11 is 6.06. The maximum Gasteiger partial charge on any atom is 0.242 e. The minimum absolute atomic E-state index is 0.0765. The molecule has 3 aromatic carbocycles. The van der Waals surface area contributed by atoms with Crippen LogP contribution in [0.2, 0.25) is 5.02 Å².